The first-order valence-corrected chi connectivity index (χ1v) is 7.02. The van der Waals surface area contributed by atoms with Crippen LogP contribution in [0.1, 0.15) is 0 Å². The van der Waals surface area contributed by atoms with E-state index in [-0.39, 0.29) is 10.5 Å². The van der Waals surface area contributed by atoms with Crippen molar-refractivity contribution in [3.63, 3.8) is 0 Å². The number of aromatic nitrogens is 2. The van der Waals surface area contributed by atoms with Crippen LogP contribution in [0.4, 0.5) is 13.2 Å². The fourth-order valence-electron chi connectivity index (χ4n) is 2.01. The third kappa shape index (κ3) is 2.05. The first kappa shape index (κ1) is 13.6. The molecule has 0 aliphatic rings. The number of aromatic amines is 1. The van der Waals surface area contributed by atoms with Crippen LogP contribution in [0, 0.1) is 25.8 Å². The van der Waals surface area contributed by atoms with Gasteiger partial charge in [-0.3, -0.25) is 4.57 Å². The number of nitrogens with zero attached hydrogens (tertiary/aromatic N) is 1. The minimum absolute atomic E-state index is 0.0538. The molecule has 0 fully saturated rings. The van der Waals surface area contributed by atoms with Gasteiger partial charge in [-0.2, -0.15) is 0 Å². The Morgan fingerprint density at radius 2 is 1.85 bits per heavy atom. The summed E-state index contributed by atoms with van der Waals surface area (Å²) in [5.41, 5.74) is 0.865. The topological polar surface area (TPSA) is 20.7 Å². The molecule has 2 nitrogen and oxygen atoms in total. The number of hydrogen-bond donors (Lipinski definition) is 1. The van der Waals surface area contributed by atoms with Crippen molar-refractivity contribution in [1.29, 1.82) is 0 Å². The molecule has 1 heterocycles. The summed E-state index contributed by atoms with van der Waals surface area (Å²) in [5.74, 6) is -2.45. The lowest BCUT2D eigenvalue weighted by Gasteiger charge is -2.06. The lowest BCUT2D eigenvalue weighted by atomic mass is 10.2. The fourth-order valence-corrected chi connectivity index (χ4v) is 2.78. The monoisotopic (exact) mass is 406 g/mol. The van der Waals surface area contributed by atoms with E-state index in [0.717, 1.165) is 6.07 Å². The molecular formula is C13H6F3IN2S. The number of halogens is 4. The maximum Gasteiger partial charge on any atom is 0.182 e. The average Bonchev–Trinajstić information content (AvgIpc) is 2.69. The third-order valence-electron chi connectivity index (χ3n) is 2.90. The summed E-state index contributed by atoms with van der Waals surface area (Å²) in [6, 6.07) is 6.58. The molecule has 0 aliphatic carbocycles. The number of H-pyrrole nitrogens is 1. The molecule has 0 spiro atoms. The van der Waals surface area contributed by atoms with Gasteiger partial charge < -0.3 is 4.98 Å². The van der Waals surface area contributed by atoms with Crippen molar-refractivity contribution in [1.82, 2.24) is 9.55 Å². The van der Waals surface area contributed by atoms with Crippen molar-refractivity contribution in [2.45, 2.75) is 0 Å². The van der Waals surface area contributed by atoms with Crippen LogP contribution >= 0.6 is 34.8 Å². The fraction of sp³-hybridized carbons (Fsp3) is 0. The summed E-state index contributed by atoms with van der Waals surface area (Å²) < 4.78 is 42.8. The Morgan fingerprint density at radius 3 is 2.60 bits per heavy atom. The van der Waals surface area contributed by atoms with Crippen molar-refractivity contribution in [2.24, 2.45) is 0 Å². The van der Waals surface area contributed by atoms with Crippen molar-refractivity contribution in [3.05, 3.63) is 56.1 Å². The minimum atomic E-state index is -1.02. The Labute approximate surface area is 130 Å². The number of fused-ring (bicyclic) bond motifs is 1. The van der Waals surface area contributed by atoms with E-state index in [2.05, 4.69) is 4.98 Å². The number of nitrogens with one attached hydrogen (secondary N) is 1. The van der Waals surface area contributed by atoms with E-state index in [0.29, 0.717) is 14.6 Å². The molecule has 3 aromatic rings. The molecule has 0 saturated carbocycles. The summed E-state index contributed by atoms with van der Waals surface area (Å²) in [4.78, 5) is 2.86. The van der Waals surface area contributed by atoms with Gasteiger partial charge in [0.15, 0.2) is 16.4 Å². The second-order valence-corrected chi connectivity index (χ2v) is 5.67. The Balaban J connectivity index is 2.42. The maximum absolute atomic E-state index is 13.9. The Hall–Kier alpha value is -1.35. The summed E-state index contributed by atoms with van der Waals surface area (Å²) in [7, 11) is 0. The zero-order chi connectivity index (χ0) is 14.4. The smallest absolute Gasteiger partial charge is 0.182 e. The lowest BCUT2D eigenvalue weighted by Crippen LogP contribution is -2.00. The van der Waals surface area contributed by atoms with E-state index in [1.807, 2.05) is 22.6 Å². The van der Waals surface area contributed by atoms with E-state index < -0.39 is 17.5 Å². The quantitative estimate of drug-likeness (QED) is 0.459. The molecule has 1 aromatic heterocycles. The second kappa shape index (κ2) is 4.88. The van der Waals surface area contributed by atoms with Crippen LogP contribution in [-0.2, 0) is 0 Å². The van der Waals surface area contributed by atoms with Gasteiger partial charge in [0.1, 0.15) is 5.82 Å². The average molecular weight is 406 g/mol. The van der Waals surface area contributed by atoms with Crippen LogP contribution in [0.2, 0.25) is 0 Å². The van der Waals surface area contributed by atoms with E-state index in [1.165, 1.54) is 22.8 Å². The molecule has 2 aromatic carbocycles. The van der Waals surface area contributed by atoms with E-state index in [4.69, 9.17) is 12.2 Å². The van der Waals surface area contributed by atoms with Crippen molar-refractivity contribution < 1.29 is 13.2 Å². The van der Waals surface area contributed by atoms with Crippen LogP contribution in [0.5, 0.6) is 0 Å². The molecule has 3 rings (SSSR count). The third-order valence-corrected chi connectivity index (χ3v) is 4.01. The zero-order valence-electron chi connectivity index (χ0n) is 9.75. The molecule has 102 valence electrons. The summed E-state index contributed by atoms with van der Waals surface area (Å²) in [6.07, 6.45) is 0. The van der Waals surface area contributed by atoms with Crippen LogP contribution in [-0.4, -0.2) is 9.55 Å². The number of hydrogen-bond acceptors (Lipinski definition) is 1. The van der Waals surface area contributed by atoms with Gasteiger partial charge in [-0.05, 0) is 53.0 Å². The number of rotatable bonds is 1. The maximum atomic E-state index is 13.9. The molecule has 7 heteroatoms. The Kier molecular flexibility index (Phi) is 3.33. The van der Waals surface area contributed by atoms with Crippen LogP contribution < -0.4 is 0 Å². The van der Waals surface area contributed by atoms with Crippen LogP contribution in [0.25, 0.3) is 16.7 Å². The zero-order valence-corrected chi connectivity index (χ0v) is 12.7. The lowest BCUT2D eigenvalue weighted by molar-refractivity contribution is 0.504. The van der Waals surface area contributed by atoms with Crippen LogP contribution in [0.3, 0.4) is 0 Å². The first-order chi connectivity index (χ1) is 9.49. The highest BCUT2D eigenvalue weighted by molar-refractivity contribution is 14.1. The molecular weight excluding hydrogens is 400 g/mol. The predicted octanol–water partition coefficient (Wildman–Crippen LogP) is 4.71. The highest BCUT2D eigenvalue weighted by Crippen LogP contribution is 2.25. The van der Waals surface area contributed by atoms with Crippen molar-refractivity contribution in [3.8, 4) is 5.69 Å². The van der Waals surface area contributed by atoms with E-state index in [9.17, 15) is 13.2 Å². The summed E-state index contributed by atoms with van der Waals surface area (Å²) in [6.45, 7) is 0. The number of imidazole rings is 1. The second-order valence-electron chi connectivity index (χ2n) is 4.12. The molecule has 0 aliphatic heterocycles. The van der Waals surface area contributed by atoms with Gasteiger partial charge in [-0.15, -0.1) is 0 Å². The van der Waals surface area contributed by atoms with Gasteiger partial charge in [-0.1, -0.05) is 6.07 Å². The Bertz CT molecular complexity index is 885. The molecule has 20 heavy (non-hydrogen) atoms. The standard InChI is InChI=1S/C13H6F3IN2S/c14-6-2-1-3-10(12(6)16)19-11-4-7(15)8(17)5-9(11)18-13(19)20/h1-5H,(H,18,20). The largest absolute Gasteiger partial charge is 0.330 e. The molecule has 0 radical (unpaired) electrons. The highest BCUT2D eigenvalue weighted by Gasteiger charge is 2.15. The van der Waals surface area contributed by atoms with Gasteiger partial charge in [0.05, 0.1) is 20.3 Å². The van der Waals surface area contributed by atoms with Gasteiger partial charge in [0.25, 0.3) is 0 Å². The predicted molar refractivity (Wildman–Crippen MR) is 81.1 cm³/mol. The Morgan fingerprint density at radius 1 is 1.10 bits per heavy atom. The summed E-state index contributed by atoms with van der Waals surface area (Å²) >= 11 is 6.97. The summed E-state index contributed by atoms with van der Waals surface area (Å²) in [5, 5.41) is 0. The minimum Gasteiger partial charge on any atom is -0.330 e. The molecule has 0 atom stereocenters. The molecule has 0 amide bonds. The van der Waals surface area contributed by atoms with Gasteiger partial charge >= 0.3 is 0 Å². The van der Waals surface area contributed by atoms with Crippen molar-refractivity contribution >= 4 is 45.8 Å². The van der Waals surface area contributed by atoms with E-state index >= 15 is 0 Å². The van der Waals surface area contributed by atoms with Crippen LogP contribution in [0.15, 0.2) is 30.3 Å². The molecule has 0 bridgehead atoms. The number of benzene rings is 2. The van der Waals surface area contributed by atoms with Gasteiger partial charge in [0, 0.05) is 6.07 Å². The van der Waals surface area contributed by atoms with E-state index in [1.54, 1.807) is 6.07 Å². The first-order valence-electron chi connectivity index (χ1n) is 5.53. The normalized spacial score (nSPS) is 11.2. The highest BCUT2D eigenvalue weighted by atomic mass is 127. The molecule has 0 saturated heterocycles. The van der Waals surface area contributed by atoms with Crippen molar-refractivity contribution in [2.75, 3.05) is 0 Å². The van der Waals surface area contributed by atoms with Gasteiger partial charge in [-0.25, -0.2) is 13.2 Å². The SMILES string of the molecule is Fc1cc2c(cc1I)[nH]c(=S)n2-c1cccc(F)c1F. The van der Waals surface area contributed by atoms with Gasteiger partial charge in [0.2, 0.25) is 0 Å². The molecule has 0 unspecified atom stereocenters. The molecule has 1 N–H and O–H groups in total.